The summed E-state index contributed by atoms with van der Waals surface area (Å²) in [5.41, 5.74) is -0.970. The van der Waals surface area contributed by atoms with Crippen LogP contribution in [0.5, 0.6) is 0 Å². The Morgan fingerprint density at radius 2 is 2.10 bits per heavy atom. The molecule has 0 aliphatic heterocycles. The molecule has 2 rings (SSSR count). The van der Waals surface area contributed by atoms with Crippen molar-refractivity contribution >= 4 is 11.8 Å². The number of hydrogen-bond acceptors (Lipinski definition) is 6. The number of hydrogen-bond donors (Lipinski definition) is 0. The minimum Gasteiger partial charge on any atom is -0.338 e. The van der Waals surface area contributed by atoms with Gasteiger partial charge in [-0.2, -0.15) is 18.2 Å². The fourth-order valence-corrected chi connectivity index (χ4v) is 2.13. The van der Waals surface area contributed by atoms with E-state index in [1.165, 1.54) is 0 Å². The zero-order chi connectivity index (χ0) is 14.8. The van der Waals surface area contributed by atoms with Gasteiger partial charge in [0.05, 0.1) is 5.25 Å². The van der Waals surface area contributed by atoms with Crippen LogP contribution in [-0.2, 0) is 12.6 Å². The molecule has 0 fully saturated rings. The normalized spacial score (nSPS) is 13.4. The van der Waals surface area contributed by atoms with Crippen LogP contribution in [0.2, 0.25) is 0 Å². The zero-order valence-corrected chi connectivity index (χ0v) is 11.5. The van der Waals surface area contributed by atoms with Gasteiger partial charge >= 0.3 is 6.18 Å². The van der Waals surface area contributed by atoms with Crippen LogP contribution in [0.25, 0.3) is 0 Å². The summed E-state index contributed by atoms with van der Waals surface area (Å²) in [6.07, 6.45) is -2.78. The van der Waals surface area contributed by atoms with Crippen LogP contribution < -0.4 is 0 Å². The molecule has 1 atom stereocenters. The number of aryl methyl sites for hydroxylation is 1. The van der Waals surface area contributed by atoms with Gasteiger partial charge in [-0.1, -0.05) is 23.8 Å². The molecule has 0 aliphatic rings. The lowest BCUT2D eigenvalue weighted by atomic mass is 10.4. The molecular formula is C11H11F3N4OS. The highest BCUT2D eigenvalue weighted by Gasteiger charge is 2.33. The molecule has 0 aromatic carbocycles. The fraction of sp³-hybridized carbons (Fsp3) is 0.455. The van der Waals surface area contributed by atoms with Crippen LogP contribution in [0, 0.1) is 0 Å². The maximum atomic E-state index is 12.5. The van der Waals surface area contributed by atoms with E-state index in [4.69, 9.17) is 4.52 Å². The Morgan fingerprint density at radius 3 is 2.70 bits per heavy atom. The van der Waals surface area contributed by atoms with E-state index in [0.717, 1.165) is 24.0 Å². The third-order valence-electron chi connectivity index (χ3n) is 2.35. The smallest absolute Gasteiger partial charge is 0.338 e. The van der Waals surface area contributed by atoms with E-state index in [2.05, 4.69) is 20.1 Å². The zero-order valence-electron chi connectivity index (χ0n) is 10.7. The van der Waals surface area contributed by atoms with Crippen LogP contribution in [0.1, 0.15) is 36.5 Å². The van der Waals surface area contributed by atoms with Gasteiger partial charge in [0.1, 0.15) is 5.69 Å². The molecule has 0 N–H and O–H groups in total. The number of aromatic nitrogens is 4. The van der Waals surface area contributed by atoms with Gasteiger partial charge in [-0.15, -0.1) is 0 Å². The molecule has 2 aromatic heterocycles. The molecule has 2 aromatic rings. The van der Waals surface area contributed by atoms with Gasteiger partial charge in [-0.05, 0) is 13.0 Å². The Kier molecular flexibility index (Phi) is 4.26. The van der Waals surface area contributed by atoms with E-state index >= 15 is 0 Å². The first kappa shape index (κ1) is 14.8. The van der Waals surface area contributed by atoms with Gasteiger partial charge in [-0.25, -0.2) is 9.97 Å². The summed E-state index contributed by atoms with van der Waals surface area (Å²) in [7, 11) is 0. The molecular weight excluding hydrogens is 293 g/mol. The van der Waals surface area contributed by atoms with Crippen LogP contribution >= 0.6 is 11.8 Å². The van der Waals surface area contributed by atoms with Gasteiger partial charge in [0.2, 0.25) is 5.89 Å². The lowest BCUT2D eigenvalue weighted by Crippen LogP contribution is -2.09. The highest BCUT2D eigenvalue weighted by molar-refractivity contribution is 7.99. The molecule has 1 unspecified atom stereocenters. The summed E-state index contributed by atoms with van der Waals surface area (Å²) in [6, 6.07) is 0.830. The first-order chi connectivity index (χ1) is 9.40. The SMILES string of the molecule is CCc1noc(C(C)Sc2nccc(C(F)(F)F)n2)n1. The molecule has 0 saturated carbocycles. The first-order valence-corrected chi connectivity index (χ1v) is 6.67. The van der Waals surface area contributed by atoms with Gasteiger partial charge in [0.25, 0.3) is 0 Å². The quantitative estimate of drug-likeness (QED) is 0.638. The highest BCUT2D eigenvalue weighted by atomic mass is 32.2. The molecule has 0 radical (unpaired) electrons. The molecule has 9 heteroatoms. The van der Waals surface area contributed by atoms with Crippen molar-refractivity contribution in [3.8, 4) is 0 Å². The third kappa shape index (κ3) is 3.47. The van der Waals surface area contributed by atoms with Crippen LogP contribution in [0.4, 0.5) is 13.2 Å². The third-order valence-corrected chi connectivity index (χ3v) is 3.32. The van der Waals surface area contributed by atoms with E-state index in [-0.39, 0.29) is 10.4 Å². The Labute approximate surface area is 117 Å². The maximum Gasteiger partial charge on any atom is 0.433 e. The van der Waals surface area contributed by atoms with Gasteiger partial charge in [0.15, 0.2) is 11.0 Å². The monoisotopic (exact) mass is 304 g/mol. The number of thioether (sulfide) groups is 1. The summed E-state index contributed by atoms with van der Waals surface area (Å²) >= 11 is 1.03. The van der Waals surface area contributed by atoms with Crippen molar-refractivity contribution in [3.05, 3.63) is 29.7 Å². The highest BCUT2D eigenvalue weighted by Crippen LogP contribution is 2.33. The summed E-state index contributed by atoms with van der Waals surface area (Å²) in [6.45, 7) is 3.61. The van der Waals surface area contributed by atoms with Gasteiger partial charge in [0, 0.05) is 12.6 Å². The van der Waals surface area contributed by atoms with Crippen molar-refractivity contribution in [3.63, 3.8) is 0 Å². The predicted molar refractivity (Wildman–Crippen MR) is 65.0 cm³/mol. The Balaban J connectivity index is 2.13. The van der Waals surface area contributed by atoms with Crippen molar-refractivity contribution < 1.29 is 17.7 Å². The number of halogens is 3. The van der Waals surface area contributed by atoms with E-state index in [9.17, 15) is 13.2 Å². The Hall–Kier alpha value is -1.64. The van der Waals surface area contributed by atoms with Crippen LogP contribution in [0.3, 0.4) is 0 Å². The molecule has 0 spiro atoms. The van der Waals surface area contributed by atoms with Crippen LogP contribution in [-0.4, -0.2) is 20.1 Å². The van der Waals surface area contributed by atoms with E-state index in [1.807, 2.05) is 6.92 Å². The summed E-state index contributed by atoms with van der Waals surface area (Å²) in [4.78, 5) is 11.4. The average molecular weight is 304 g/mol. The van der Waals surface area contributed by atoms with E-state index < -0.39 is 11.9 Å². The van der Waals surface area contributed by atoms with Crippen molar-refractivity contribution in [2.24, 2.45) is 0 Å². The minimum atomic E-state index is -4.48. The van der Waals surface area contributed by atoms with E-state index in [0.29, 0.717) is 18.1 Å². The molecule has 2 heterocycles. The standard InChI is InChI=1S/C11H11F3N4OS/c1-3-8-17-9(19-18-8)6(2)20-10-15-5-4-7(16-10)11(12,13)14/h4-6H,3H2,1-2H3. The van der Waals surface area contributed by atoms with Gasteiger partial charge in [-0.3, -0.25) is 0 Å². The van der Waals surface area contributed by atoms with Crippen molar-refractivity contribution in [2.45, 2.75) is 36.9 Å². The summed E-state index contributed by atoms with van der Waals surface area (Å²) in [5, 5.41) is 3.42. The molecule has 0 bridgehead atoms. The second-order valence-corrected chi connectivity index (χ2v) is 5.19. The predicted octanol–water partition coefficient (Wildman–Crippen LogP) is 3.29. The topological polar surface area (TPSA) is 64.7 Å². The van der Waals surface area contributed by atoms with Crippen molar-refractivity contribution in [1.29, 1.82) is 0 Å². The largest absolute Gasteiger partial charge is 0.433 e. The summed E-state index contributed by atoms with van der Waals surface area (Å²) in [5.74, 6) is 0.894. The molecule has 0 aliphatic carbocycles. The Morgan fingerprint density at radius 1 is 1.35 bits per heavy atom. The maximum absolute atomic E-state index is 12.5. The van der Waals surface area contributed by atoms with Crippen molar-refractivity contribution in [2.75, 3.05) is 0 Å². The number of alkyl halides is 3. The van der Waals surface area contributed by atoms with Crippen LogP contribution in [0.15, 0.2) is 21.9 Å². The number of rotatable bonds is 4. The van der Waals surface area contributed by atoms with Gasteiger partial charge < -0.3 is 4.52 Å². The number of nitrogens with zero attached hydrogens (tertiary/aromatic N) is 4. The second-order valence-electron chi connectivity index (χ2n) is 3.88. The lowest BCUT2D eigenvalue weighted by molar-refractivity contribution is -0.141. The fourth-order valence-electron chi connectivity index (χ4n) is 1.34. The van der Waals surface area contributed by atoms with E-state index in [1.54, 1.807) is 6.92 Å². The van der Waals surface area contributed by atoms with Crippen molar-refractivity contribution in [1.82, 2.24) is 20.1 Å². The molecule has 0 saturated heterocycles. The summed E-state index contributed by atoms with van der Waals surface area (Å²) < 4.78 is 42.6. The lowest BCUT2D eigenvalue weighted by Gasteiger charge is -2.08. The molecule has 5 nitrogen and oxygen atoms in total. The molecule has 20 heavy (non-hydrogen) atoms. The molecule has 0 amide bonds. The second kappa shape index (κ2) is 5.78. The Bertz CT molecular complexity index is 587. The first-order valence-electron chi connectivity index (χ1n) is 5.79. The average Bonchev–Trinajstić information content (AvgIpc) is 2.87. The molecule has 108 valence electrons. The minimum absolute atomic E-state index is 0.0172.